The van der Waals surface area contributed by atoms with E-state index in [2.05, 4.69) is 75.6 Å². The van der Waals surface area contributed by atoms with E-state index in [0.29, 0.717) is 0 Å². The molecular formula is C17H15BrN2. The molecule has 100 valence electrons. The summed E-state index contributed by atoms with van der Waals surface area (Å²) in [6.07, 6.45) is 1.82. The monoisotopic (exact) mass is 326 g/mol. The van der Waals surface area contributed by atoms with Crippen LogP contribution in [0.5, 0.6) is 0 Å². The highest BCUT2D eigenvalue weighted by atomic mass is 79.9. The van der Waals surface area contributed by atoms with Crippen LogP contribution in [-0.2, 0) is 6.54 Å². The summed E-state index contributed by atoms with van der Waals surface area (Å²) in [5.74, 6) is 0. The van der Waals surface area contributed by atoms with Gasteiger partial charge in [0, 0.05) is 28.3 Å². The van der Waals surface area contributed by atoms with E-state index in [4.69, 9.17) is 0 Å². The molecule has 0 amide bonds. The minimum Gasteiger partial charge on any atom is -0.381 e. The maximum absolute atomic E-state index is 4.34. The normalized spacial score (nSPS) is 10.7. The summed E-state index contributed by atoms with van der Waals surface area (Å²) in [7, 11) is 0. The molecule has 0 aliphatic heterocycles. The van der Waals surface area contributed by atoms with Gasteiger partial charge in [0.1, 0.15) is 0 Å². The van der Waals surface area contributed by atoms with Crippen molar-refractivity contribution in [3.63, 3.8) is 0 Å². The third-order valence-electron chi connectivity index (χ3n) is 3.32. The van der Waals surface area contributed by atoms with Crippen LogP contribution in [-0.4, -0.2) is 4.98 Å². The molecule has 1 heterocycles. The average molecular weight is 327 g/mol. The molecule has 3 aromatic rings. The van der Waals surface area contributed by atoms with E-state index in [9.17, 15) is 0 Å². The average Bonchev–Trinajstić information content (AvgIpc) is 2.48. The number of rotatable bonds is 3. The largest absolute Gasteiger partial charge is 0.381 e. The maximum Gasteiger partial charge on any atom is 0.0702 e. The van der Waals surface area contributed by atoms with Crippen molar-refractivity contribution in [3.8, 4) is 0 Å². The van der Waals surface area contributed by atoms with Gasteiger partial charge in [-0.25, -0.2) is 0 Å². The maximum atomic E-state index is 4.34. The highest BCUT2D eigenvalue weighted by molar-refractivity contribution is 9.10. The van der Waals surface area contributed by atoms with Crippen LogP contribution in [0, 0.1) is 6.92 Å². The first-order valence-electron chi connectivity index (χ1n) is 6.56. The van der Waals surface area contributed by atoms with Gasteiger partial charge in [-0.05, 0) is 54.4 Å². The summed E-state index contributed by atoms with van der Waals surface area (Å²) >= 11 is 3.52. The van der Waals surface area contributed by atoms with Crippen molar-refractivity contribution in [2.45, 2.75) is 13.5 Å². The molecule has 2 aromatic carbocycles. The molecular weight excluding hydrogens is 312 g/mol. The van der Waals surface area contributed by atoms with E-state index in [1.54, 1.807) is 0 Å². The van der Waals surface area contributed by atoms with Gasteiger partial charge in [0.2, 0.25) is 0 Å². The number of hydrogen-bond acceptors (Lipinski definition) is 2. The second-order valence-electron chi connectivity index (χ2n) is 4.85. The van der Waals surface area contributed by atoms with Gasteiger partial charge in [0.05, 0.1) is 5.52 Å². The number of aryl methyl sites for hydroxylation is 1. The van der Waals surface area contributed by atoms with Crippen molar-refractivity contribution < 1.29 is 0 Å². The number of hydrogen-bond donors (Lipinski definition) is 1. The number of aromatic nitrogens is 1. The topological polar surface area (TPSA) is 24.9 Å². The standard InChI is InChI=1S/C17H15BrN2/c1-12-9-15(5-6-16(12)18)20-11-13-4-7-17-14(10-13)3-2-8-19-17/h2-10,20H,11H2,1H3. The lowest BCUT2D eigenvalue weighted by atomic mass is 10.1. The molecule has 1 aromatic heterocycles. The van der Waals surface area contributed by atoms with Crippen molar-refractivity contribution in [1.82, 2.24) is 4.98 Å². The SMILES string of the molecule is Cc1cc(NCc2ccc3ncccc3c2)ccc1Br. The molecule has 0 unspecified atom stereocenters. The Labute approximate surface area is 127 Å². The number of benzene rings is 2. The predicted molar refractivity (Wildman–Crippen MR) is 87.9 cm³/mol. The number of halogens is 1. The second-order valence-corrected chi connectivity index (χ2v) is 5.70. The van der Waals surface area contributed by atoms with Crippen LogP contribution in [0.4, 0.5) is 5.69 Å². The van der Waals surface area contributed by atoms with E-state index in [0.717, 1.165) is 22.2 Å². The van der Waals surface area contributed by atoms with Gasteiger partial charge >= 0.3 is 0 Å². The van der Waals surface area contributed by atoms with Gasteiger partial charge in [-0.3, -0.25) is 4.98 Å². The van der Waals surface area contributed by atoms with Crippen LogP contribution in [0.2, 0.25) is 0 Å². The fraction of sp³-hybridized carbons (Fsp3) is 0.118. The predicted octanol–water partition coefficient (Wildman–Crippen LogP) is 4.92. The Balaban J connectivity index is 1.77. The summed E-state index contributed by atoms with van der Waals surface area (Å²) < 4.78 is 1.14. The van der Waals surface area contributed by atoms with Crippen LogP contribution in [0.3, 0.4) is 0 Å². The Morgan fingerprint density at radius 2 is 2.00 bits per heavy atom. The fourth-order valence-corrected chi connectivity index (χ4v) is 2.44. The second kappa shape index (κ2) is 5.63. The molecule has 0 aliphatic carbocycles. The molecule has 0 radical (unpaired) electrons. The zero-order valence-corrected chi connectivity index (χ0v) is 12.8. The summed E-state index contributed by atoms with van der Waals surface area (Å²) in [6.45, 7) is 2.91. The van der Waals surface area contributed by atoms with Gasteiger partial charge in [-0.15, -0.1) is 0 Å². The van der Waals surface area contributed by atoms with Gasteiger partial charge in [-0.2, -0.15) is 0 Å². The summed E-state index contributed by atoms with van der Waals surface area (Å²) in [5, 5.41) is 4.63. The summed E-state index contributed by atoms with van der Waals surface area (Å²) in [4.78, 5) is 4.34. The van der Waals surface area contributed by atoms with Crippen molar-refractivity contribution in [3.05, 3.63) is 70.3 Å². The third kappa shape index (κ3) is 2.83. The van der Waals surface area contributed by atoms with E-state index >= 15 is 0 Å². The fourth-order valence-electron chi connectivity index (χ4n) is 2.19. The Morgan fingerprint density at radius 3 is 2.85 bits per heavy atom. The first-order valence-corrected chi connectivity index (χ1v) is 7.35. The molecule has 0 saturated carbocycles. The molecule has 0 atom stereocenters. The number of anilines is 1. The highest BCUT2D eigenvalue weighted by Gasteiger charge is 1.99. The lowest BCUT2D eigenvalue weighted by Gasteiger charge is -2.09. The summed E-state index contributed by atoms with van der Waals surface area (Å²) in [5.41, 5.74) is 4.66. The molecule has 3 rings (SSSR count). The van der Waals surface area contributed by atoms with Crippen molar-refractivity contribution >= 4 is 32.5 Å². The smallest absolute Gasteiger partial charge is 0.0702 e. The Kier molecular flexibility index (Phi) is 3.70. The van der Waals surface area contributed by atoms with Gasteiger partial charge in [0.15, 0.2) is 0 Å². The number of fused-ring (bicyclic) bond motifs is 1. The Hall–Kier alpha value is -1.87. The van der Waals surface area contributed by atoms with Crippen molar-refractivity contribution in [2.24, 2.45) is 0 Å². The van der Waals surface area contributed by atoms with E-state index in [1.807, 2.05) is 12.3 Å². The Bertz CT molecular complexity index is 753. The first-order chi connectivity index (χ1) is 9.72. The lowest BCUT2D eigenvalue weighted by Crippen LogP contribution is -1.99. The third-order valence-corrected chi connectivity index (χ3v) is 4.21. The van der Waals surface area contributed by atoms with Crippen molar-refractivity contribution in [1.29, 1.82) is 0 Å². The molecule has 3 heteroatoms. The van der Waals surface area contributed by atoms with E-state index in [-0.39, 0.29) is 0 Å². The van der Waals surface area contributed by atoms with Crippen LogP contribution < -0.4 is 5.32 Å². The zero-order chi connectivity index (χ0) is 13.9. The lowest BCUT2D eigenvalue weighted by molar-refractivity contribution is 1.15. The van der Waals surface area contributed by atoms with Gasteiger partial charge < -0.3 is 5.32 Å². The number of nitrogens with one attached hydrogen (secondary N) is 1. The van der Waals surface area contributed by atoms with Crippen LogP contribution in [0.25, 0.3) is 10.9 Å². The number of nitrogens with zero attached hydrogens (tertiary/aromatic N) is 1. The number of pyridine rings is 1. The van der Waals surface area contributed by atoms with Gasteiger partial charge in [0.25, 0.3) is 0 Å². The minimum absolute atomic E-state index is 0.811. The quantitative estimate of drug-likeness (QED) is 0.739. The van der Waals surface area contributed by atoms with Crippen molar-refractivity contribution in [2.75, 3.05) is 5.32 Å². The minimum atomic E-state index is 0.811. The molecule has 0 spiro atoms. The van der Waals surface area contributed by atoms with Crippen LogP contribution in [0.1, 0.15) is 11.1 Å². The van der Waals surface area contributed by atoms with E-state index in [1.165, 1.54) is 16.5 Å². The molecule has 0 aliphatic rings. The van der Waals surface area contributed by atoms with Crippen LogP contribution >= 0.6 is 15.9 Å². The summed E-state index contributed by atoms with van der Waals surface area (Å²) in [6, 6.07) is 16.7. The zero-order valence-electron chi connectivity index (χ0n) is 11.2. The molecule has 2 nitrogen and oxygen atoms in total. The van der Waals surface area contributed by atoms with Gasteiger partial charge in [-0.1, -0.05) is 28.1 Å². The molecule has 0 bridgehead atoms. The molecule has 0 fully saturated rings. The Morgan fingerprint density at radius 1 is 1.10 bits per heavy atom. The highest BCUT2D eigenvalue weighted by Crippen LogP contribution is 2.21. The van der Waals surface area contributed by atoms with E-state index < -0.39 is 0 Å². The molecule has 0 saturated heterocycles. The van der Waals surface area contributed by atoms with Crippen LogP contribution in [0.15, 0.2) is 59.2 Å². The first kappa shape index (κ1) is 13.1. The molecule has 1 N–H and O–H groups in total. The molecule has 20 heavy (non-hydrogen) atoms.